The van der Waals surface area contributed by atoms with Crippen molar-refractivity contribution >= 4 is 17.5 Å². The number of likely N-dealkylation sites (tertiary alicyclic amines) is 1. The number of ether oxygens (including phenoxy) is 1. The number of carbonyl (C=O) groups is 2. The molecule has 2 N–H and O–H groups in total. The van der Waals surface area contributed by atoms with E-state index in [0.29, 0.717) is 0 Å². The molecule has 0 saturated carbocycles. The number of methoxy groups -OCH3 is 1. The van der Waals surface area contributed by atoms with Crippen molar-refractivity contribution in [2.45, 2.75) is 32.4 Å². The van der Waals surface area contributed by atoms with Crippen LogP contribution in [0, 0.1) is 0 Å². The summed E-state index contributed by atoms with van der Waals surface area (Å²) in [6, 6.07) is 16.0. The van der Waals surface area contributed by atoms with Crippen molar-refractivity contribution < 1.29 is 14.3 Å². The molecule has 0 aromatic heterocycles. The molecule has 1 saturated heterocycles. The van der Waals surface area contributed by atoms with E-state index < -0.39 is 0 Å². The Morgan fingerprint density at radius 2 is 1.68 bits per heavy atom. The average molecular weight is 381 g/mol. The molecule has 1 heterocycles. The number of nitrogens with one attached hydrogen (secondary N) is 2. The number of carbonyl (C=O) groups excluding carboxylic acids is 2. The lowest BCUT2D eigenvalue weighted by Gasteiger charge is -2.19. The van der Waals surface area contributed by atoms with Crippen LogP contribution in [0.4, 0.5) is 5.69 Å². The van der Waals surface area contributed by atoms with Crippen LogP contribution in [-0.4, -0.2) is 43.0 Å². The van der Waals surface area contributed by atoms with E-state index >= 15 is 0 Å². The highest BCUT2D eigenvalue weighted by Crippen LogP contribution is 2.30. The monoisotopic (exact) mass is 381 g/mol. The molecule has 3 rings (SSSR count). The SMILES string of the molecule is COc1ccc([C@@H]2CN(Cc3ccc(NC(C)=O)cc3)C[C@H]2NC(C)=O)cc1. The van der Waals surface area contributed by atoms with Gasteiger partial charge in [-0.1, -0.05) is 24.3 Å². The second-order valence-electron chi connectivity index (χ2n) is 7.26. The summed E-state index contributed by atoms with van der Waals surface area (Å²) in [7, 11) is 1.66. The van der Waals surface area contributed by atoms with Gasteiger partial charge in [-0.15, -0.1) is 0 Å². The van der Waals surface area contributed by atoms with Crippen molar-refractivity contribution in [2.75, 3.05) is 25.5 Å². The number of anilines is 1. The van der Waals surface area contributed by atoms with Gasteiger partial charge in [0.05, 0.1) is 7.11 Å². The van der Waals surface area contributed by atoms with Crippen molar-refractivity contribution in [3.8, 4) is 5.75 Å². The summed E-state index contributed by atoms with van der Waals surface area (Å²) in [4.78, 5) is 25.2. The molecule has 0 unspecified atom stereocenters. The standard InChI is InChI=1S/C22H27N3O3/c1-15(26)23-19-8-4-17(5-9-19)12-25-13-21(22(14-25)24-16(2)27)18-6-10-20(28-3)11-7-18/h4-11,21-22H,12-14H2,1-3H3,(H,23,26)(H,24,27)/t21-,22+/m0/s1. The van der Waals surface area contributed by atoms with E-state index in [1.54, 1.807) is 14.0 Å². The summed E-state index contributed by atoms with van der Waals surface area (Å²) in [5.74, 6) is 0.972. The fourth-order valence-electron chi connectivity index (χ4n) is 3.77. The first-order valence-electron chi connectivity index (χ1n) is 9.44. The largest absolute Gasteiger partial charge is 0.497 e. The van der Waals surface area contributed by atoms with Gasteiger partial charge in [0, 0.05) is 51.1 Å². The second kappa shape index (κ2) is 8.89. The van der Waals surface area contributed by atoms with Gasteiger partial charge in [0.25, 0.3) is 0 Å². The van der Waals surface area contributed by atoms with Crippen LogP contribution >= 0.6 is 0 Å². The molecule has 2 atom stereocenters. The van der Waals surface area contributed by atoms with Crippen LogP contribution in [0.5, 0.6) is 5.75 Å². The summed E-state index contributed by atoms with van der Waals surface area (Å²) >= 11 is 0. The summed E-state index contributed by atoms with van der Waals surface area (Å²) in [5.41, 5.74) is 3.17. The lowest BCUT2D eigenvalue weighted by atomic mass is 9.94. The Balaban J connectivity index is 1.70. The Morgan fingerprint density at radius 1 is 1.00 bits per heavy atom. The summed E-state index contributed by atoms with van der Waals surface area (Å²) in [5, 5.41) is 5.89. The fourth-order valence-corrected chi connectivity index (χ4v) is 3.77. The molecule has 148 valence electrons. The molecular formula is C22H27N3O3. The van der Waals surface area contributed by atoms with Crippen LogP contribution in [-0.2, 0) is 16.1 Å². The van der Waals surface area contributed by atoms with Crippen molar-refractivity contribution in [1.82, 2.24) is 10.2 Å². The molecule has 0 spiro atoms. The minimum atomic E-state index is -0.0761. The lowest BCUT2D eigenvalue weighted by molar-refractivity contribution is -0.119. The molecule has 2 aromatic carbocycles. The molecule has 6 nitrogen and oxygen atoms in total. The predicted molar refractivity (Wildman–Crippen MR) is 109 cm³/mol. The van der Waals surface area contributed by atoms with Crippen LogP contribution in [0.2, 0.25) is 0 Å². The Hall–Kier alpha value is -2.86. The van der Waals surface area contributed by atoms with Gasteiger partial charge in [-0.05, 0) is 35.4 Å². The van der Waals surface area contributed by atoms with Gasteiger partial charge in [-0.2, -0.15) is 0 Å². The molecule has 28 heavy (non-hydrogen) atoms. The smallest absolute Gasteiger partial charge is 0.221 e. The number of hydrogen-bond acceptors (Lipinski definition) is 4. The van der Waals surface area contributed by atoms with Crippen LogP contribution in [0.1, 0.15) is 30.9 Å². The van der Waals surface area contributed by atoms with Crippen molar-refractivity contribution in [3.63, 3.8) is 0 Å². The predicted octanol–water partition coefficient (Wildman–Crippen LogP) is 2.76. The first-order chi connectivity index (χ1) is 13.4. The van der Waals surface area contributed by atoms with Crippen molar-refractivity contribution in [2.24, 2.45) is 0 Å². The van der Waals surface area contributed by atoms with Gasteiger partial charge in [-0.25, -0.2) is 0 Å². The molecule has 1 aliphatic heterocycles. The van der Waals surface area contributed by atoms with E-state index in [-0.39, 0.29) is 23.8 Å². The van der Waals surface area contributed by atoms with Gasteiger partial charge in [0.2, 0.25) is 11.8 Å². The van der Waals surface area contributed by atoms with Gasteiger partial charge >= 0.3 is 0 Å². The van der Waals surface area contributed by atoms with Gasteiger partial charge in [-0.3, -0.25) is 14.5 Å². The molecule has 0 bridgehead atoms. The Morgan fingerprint density at radius 3 is 2.25 bits per heavy atom. The first-order valence-corrected chi connectivity index (χ1v) is 9.44. The molecule has 0 aliphatic carbocycles. The zero-order valence-corrected chi connectivity index (χ0v) is 16.6. The van der Waals surface area contributed by atoms with E-state index in [9.17, 15) is 9.59 Å². The number of rotatable bonds is 6. The van der Waals surface area contributed by atoms with E-state index in [1.165, 1.54) is 18.1 Å². The molecule has 2 aromatic rings. The average Bonchev–Trinajstić information content (AvgIpc) is 3.04. The maximum atomic E-state index is 11.7. The number of amides is 2. The highest BCUT2D eigenvalue weighted by Gasteiger charge is 2.34. The van der Waals surface area contributed by atoms with Gasteiger partial charge in [0.1, 0.15) is 5.75 Å². The van der Waals surface area contributed by atoms with Crippen LogP contribution in [0.3, 0.4) is 0 Å². The summed E-state index contributed by atoms with van der Waals surface area (Å²) in [6.45, 7) is 5.52. The molecule has 6 heteroatoms. The van der Waals surface area contributed by atoms with E-state index in [1.807, 2.05) is 36.4 Å². The minimum absolute atomic E-state index is 0.00924. The summed E-state index contributed by atoms with van der Waals surface area (Å²) < 4.78 is 5.25. The molecule has 1 fully saturated rings. The van der Waals surface area contributed by atoms with Crippen LogP contribution < -0.4 is 15.4 Å². The Bertz CT molecular complexity index is 818. The highest BCUT2D eigenvalue weighted by molar-refractivity contribution is 5.88. The van der Waals surface area contributed by atoms with E-state index in [2.05, 4.69) is 27.7 Å². The fraction of sp³-hybridized carbons (Fsp3) is 0.364. The summed E-state index contributed by atoms with van der Waals surface area (Å²) in [6.07, 6.45) is 0. The molecular weight excluding hydrogens is 354 g/mol. The third-order valence-electron chi connectivity index (χ3n) is 5.01. The third-order valence-corrected chi connectivity index (χ3v) is 5.01. The van der Waals surface area contributed by atoms with E-state index in [4.69, 9.17) is 4.74 Å². The van der Waals surface area contributed by atoms with Crippen molar-refractivity contribution in [3.05, 3.63) is 59.7 Å². The number of nitrogens with zero attached hydrogens (tertiary/aromatic N) is 1. The lowest BCUT2D eigenvalue weighted by Crippen LogP contribution is -2.38. The molecule has 2 amide bonds. The quantitative estimate of drug-likeness (QED) is 0.807. The zero-order chi connectivity index (χ0) is 20.1. The normalized spacial score (nSPS) is 19.2. The van der Waals surface area contributed by atoms with Gasteiger partial charge < -0.3 is 15.4 Å². The highest BCUT2D eigenvalue weighted by atomic mass is 16.5. The Labute approximate surface area is 165 Å². The Kier molecular flexibility index (Phi) is 6.31. The first kappa shape index (κ1) is 19.9. The van der Waals surface area contributed by atoms with Crippen LogP contribution in [0.25, 0.3) is 0 Å². The zero-order valence-electron chi connectivity index (χ0n) is 16.6. The van der Waals surface area contributed by atoms with Crippen molar-refractivity contribution in [1.29, 1.82) is 0 Å². The topological polar surface area (TPSA) is 70.7 Å². The third kappa shape index (κ3) is 5.10. The van der Waals surface area contributed by atoms with E-state index in [0.717, 1.165) is 31.1 Å². The maximum absolute atomic E-state index is 11.7. The van der Waals surface area contributed by atoms with Gasteiger partial charge in [0.15, 0.2) is 0 Å². The second-order valence-corrected chi connectivity index (χ2v) is 7.26. The number of benzene rings is 2. The minimum Gasteiger partial charge on any atom is -0.497 e. The molecule has 1 aliphatic rings. The number of hydrogen-bond donors (Lipinski definition) is 2. The maximum Gasteiger partial charge on any atom is 0.221 e. The van der Waals surface area contributed by atoms with Crippen LogP contribution in [0.15, 0.2) is 48.5 Å². The molecule has 0 radical (unpaired) electrons.